The number of phenols is 1. The maximum Gasteiger partial charge on any atom is 0.305 e. The number of carbonyl (C=O) groups is 5. The van der Waals surface area contributed by atoms with Gasteiger partial charge < -0.3 is 30.9 Å². The van der Waals surface area contributed by atoms with Crippen LogP contribution < -0.4 is 5.73 Å². The van der Waals surface area contributed by atoms with E-state index in [0.29, 0.717) is 11.1 Å². The van der Waals surface area contributed by atoms with Crippen molar-refractivity contribution in [3.63, 3.8) is 0 Å². The third kappa shape index (κ3) is 4.16. The summed E-state index contributed by atoms with van der Waals surface area (Å²) in [6.45, 7) is 3.20. The summed E-state index contributed by atoms with van der Waals surface area (Å²) >= 11 is 0. The molecular weight excluding hydrogens is 534 g/mol. The fourth-order valence-electron chi connectivity index (χ4n) is 7.26. The smallest absolute Gasteiger partial charge is 0.305 e. The number of carbonyl (C=O) groups excluding carboxylic acids is 5. The predicted octanol–water partition coefficient (Wildman–Crippen LogP) is 2.22. The Morgan fingerprint density at radius 2 is 1.76 bits per heavy atom. The number of Topliss-reactive ketones (excluding diaryl/α,β-unsaturated/α-hetero) is 3. The molecule has 0 heterocycles. The summed E-state index contributed by atoms with van der Waals surface area (Å²) in [6, 6.07) is 2.89. The number of esters is 1. The molecule has 0 aliphatic heterocycles. The number of fused-ring (bicyclic) bond motifs is 3. The molecule has 1 aromatic rings. The van der Waals surface area contributed by atoms with Crippen LogP contribution in [0.4, 0.5) is 0 Å². The van der Waals surface area contributed by atoms with Crippen LogP contribution in [0.2, 0.25) is 0 Å². The van der Waals surface area contributed by atoms with Gasteiger partial charge in [-0.2, -0.15) is 0 Å². The second-order valence-electron chi connectivity index (χ2n) is 11.5. The lowest BCUT2D eigenvalue weighted by Gasteiger charge is -2.51. The summed E-state index contributed by atoms with van der Waals surface area (Å²) in [5, 5.41) is 45.0. The van der Waals surface area contributed by atoms with Crippen molar-refractivity contribution in [1.29, 1.82) is 0 Å². The normalized spacial score (nSPS) is 29.6. The van der Waals surface area contributed by atoms with Crippen LogP contribution in [-0.2, 0) is 35.1 Å². The van der Waals surface area contributed by atoms with Gasteiger partial charge >= 0.3 is 5.97 Å². The van der Waals surface area contributed by atoms with Gasteiger partial charge in [0.15, 0.2) is 11.4 Å². The van der Waals surface area contributed by atoms with Crippen molar-refractivity contribution in [3.8, 4) is 5.75 Å². The molecule has 4 aliphatic rings. The highest BCUT2D eigenvalue weighted by atomic mass is 16.5. The molecule has 1 amide bonds. The number of ketones is 3. The quantitative estimate of drug-likeness (QED) is 0.251. The van der Waals surface area contributed by atoms with Crippen LogP contribution >= 0.6 is 0 Å². The third-order valence-corrected chi connectivity index (χ3v) is 9.27. The summed E-state index contributed by atoms with van der Waals surface area (Å²) < 4.78 is 5.72. The van der Waals surface area contributed by atoms with E-state index in [2.05, 4.69) is 0 Å². The van der Waals surface area contributed by atoms with Gasteiger partial charge in [-0.1, -0.05) is 32.8 Å². The zero-order chi connectivity index (χ0) is 30.0. The van der Waals surface area contributed by atoms with Crippen molar-refractivity contribution in [1.82, 2.24) is 0 Å². The predicted molar refractivity (Wildman–Crippen MR) is 142 cm³/mol. The highest BCUT2D eigenvalue weighted by Gasteiger charge is 2.66. The highest BCUT2D eigenvalue weighted by molar-refractivity contribution is 6.23. The van der Waals surface area contributed by atoms with Crippen LogP contribution in [0.1, 0.15) is 75.0 Å². The number of phenolic OH excluding ortho intramolecular Hbond substituents is 1. The fourth-order valence-corrected chi connectivity index (χ4v) is 7.26. The Morgan fingerprint density at radius 1 is 1.10 bits per heavy atom. The number of rotatable bonds is 6. The molecule has 11 heteroatoms. The number of amides is 1. The lowest BCUT2D eigenvalue weighted by atomic mass is 9.55. The second-order valence-corrected chi connectivity index (χ2v) is 11.5. The van der Waals surface area contributed by atoms with Crippen molar-refractivity contribution < 1.29 is 49.1 Å². The Balaban J connectivity index is 1.73. The van der Waals surface area contributed by atoms with Crippen molar-refractivity contribution in [2.45, 2.75) is 76.4 Å². The number of hydrogen-bond donors (Lipinski definition) is 5. The van der Waals surface area contributed by atoms with E-state index in [4.69, 9.17) is 10.5 Å². The first kappa shape index (κ1) is 28.5. The number of hydrogen-bond acceptors (Lipinski definition) is 10. The van der Waals surface area contributed by atoms with E-state index < -0.39 is 82.0 Å². The fraction of sp³-hybridized carbons (Fsp3) is 0.500. The summed E-state index contributed by atoms with van der Waals surface area (Å²) in [7, 11) is 0. The van der Waals surface area contributed by atoms with E-state index in [1.54, 1.807) is 13.0 Å². The molecule has 4 aliphatic carbocycles. The number of aromatic hydroxyl groups is 1. The summed E-state index contributed by atoms with van der Waals surface area (Å²) in [5.74, 6) is -10.0. The van der Waals surface area contributed by atoms with Crippen LogP contribution in [0.25, 0.3) is 5.76 Å². The maximum atomic E-state index is 14.0. The average molecular weight is 568 g/mol. The number of ether oxygens (including phenoxy) is 1. The second kappa shape index (κ2) is 10.1. The van der Waals surface area contributed by atoms with Gasteiger partial charge in [0.2, 0.25) is 5.78 Å². The molecule has 2 fully saturated rings. The van der Waals surface area contributed by atoms with Crippen molar-refractivity contribution in [2.75, 3.05) is 0 Å². The molecule has 11 nitrogen and oxygen atoms in total. The van der Waals surface area contributed by atoms with Gasteiger partial charge in [0.25, 0.3) is 5.91 Å². The number of benzene rings is 1. The van der Waals surface area contributed by atoms with E-state index in [0.717, 1.165) is 25.7 Å². The van der Waals surface area contributed by atoms with Gasteiger partial charge in [-0.25, -0.2) is 0 Å². The highest BCUT2D eigenvalue weighted by Crippen LogP contribution is 2.57. The Morgan fingerprint density at radius 3 is 2.37 bits per heavy atom. The van der Waals surface area contributed by atoms with Crippen LogP contribution in [0.15, 0.2) is 29.0 Å². The number of nitrogens with two attached hydrogens (primary N) is 1. The Labute approximate surface area is 235 Å². The molecule has 5 atom stereocenters. The first-order valence-electron chi connectivity index (χ1n) is 13.9. The van der Waals surface area contributed by atoms with Gasteiger partial charge in [0.1, 0.15) is 34.7 Å². The van der Waals surface area contributed by atoms with Gasteiger partial charge in [-0.3, -0.25) is 24.0 Å². The van der Waals surface area contributed by atoms with E-state index in [-0.39, 0.29) is 35.9 Å². The van der Waals surface area contributed by atoms with E-state index in [9.17, 15) is 44.4 Å². The SMILES string of the molecule is CCC(=O)OC1C2C(=C(O)c3c(O)ccc(CC(=O)C4CCCC4)c3C2C)C(=O)C2(O)C(O)=C(C(N)=O)C(=O)CC12. The van der Waals surface area contributed by atoms with Crippen LogP contribution in [0.3, 0.4) is 0 Å². The Hall–Kier alpha value is -3.99. The van der Waals surface area contributed by atoms with Crippen LogP contribution in [-0.4, -0.2) is 61.4 Å². The summed E-state index contributed by atoms with van der Waals surface area (Å²) in [5.41, 5.74) is 1.78. The number of aliphatic hydroxyl groups is 3. The van der Waals surface area contributed by atoms with Gasteiger partial charge in [-0.15, -0.1) is 0 Å². The average Bonchev–Trinajstić information content (AvgIpc) is 3.46. The molecule has 0 aromatic heterocycles. The molecule has 218 valence electrons. The monoisotopic (exact) mass is 567 g/mol. The molecule has 0 saturated heterocycles. The molecule has 0 spiro atoms. The van der Waals surface area contributed by atoms with Crippen LogP contribution in [0, 0.1) is 17.8 Å². The Kier molecular flexibility index (Phi) is 7.05. The minimum Gasteiger partial charge on any atom is -0.508 e. The van der Waals surface area contributed by atoms with Crippen molar-refractivity contribution in [3.05, 3.63) is 45.7 Å². The number of aliphatic hydroxyl groups excluding tert-OH is 2. The summed E-state index contributed by atoms with van der Waals surface area (Å²) in [4.78, 5) is 64.6. The Bertz CT molecular complexity index is 1450. The molecule has 1 aromatic carbocycles. The standard InChI is InChI=1S/C30H33NO10/c1-3-19(35)41-26-15-11-18(34)23(29(31)39)27(37)30(15,40)28(38)24-21(26)12(2)20-14(8-9-16(32)22(20)25(24)36)10-17(33)13-6-4-5-7-13/h8-9,12-13,15,21,26,32,36-37,40H,3-7,10-11H2,1-2H3,(H2,31,39). The largest absolute Gasteiger partial charge is 0.508 e. The first-order valence-corrected chi connectivity index (χ1v) is 13.9. The molecule has 0 bridgehead atoms. The lowest BCUT2D eigenvalue weighted by molar-refractivity contribution is -0.178. The van der Waals surface area contributed by atoms with Gasteiger partial charge in [0.05, 0.1) is 5.56 Å². The molecular formula is C30H33NO10. The minimum absolute atomic E-state index is 0.0202. The zero-order valence-corrected chi connectivity index (χ0v) is 22.8. The van der Waals surface area contributed by atoms with E-state index >= 15 is 0 Å². The molecule has 5 unspecified atom stereocenters. The molecule has 6 N–H and O–H groups in total. The van der Waals surface area contributed by atoms with Crippen LogP contribution in [0.5, 0.6) is 5.75 Å². The third-order valence-electron chi connectivity index (χ3n) is 9.27. The molecule has 0 radical (unpaired) electrons. The van der Waals surface area contributed by atoms with Gasteiger partial charge in [0, 0.05) is 42.6 Å². The molecule has 41 heavy (non-hydrogen) atoms. The van der Waals surface area contributed by atoms with E-state index in [1.165, 1.54) is 13.0 Å². The van der Waals surface area contributed by atoms with Gasteiger partial charge in [-0.05, 0) is 36.0 Å². The van der Waals surface area contributed by atoms with Crippen molar-refractivity contribution in [2.24, 2.45) is 23.5 Å². The van der Waals surface area contributed by atoms with Crippen molar-refractivity contribution >= 4 is 35.0 Å². The molecule has 5 rings (SSSR count). The zero-order valence-electron chi connectivity index (χ0n) is 22.8. The van der Waals surface area contributed by atoms with E-state index in [1.807, 2.05) is 0 Å². The topological polar surface area (TPSA) is 202 Å². The number of primary amides is 1. The minimum atomic E-state index is -2.92. The maximum absolute atomic E-state index is 14.0. The summed E-state index contributed by atoms with van der Waals surface area (Å²) in [6.07, 6.45) is 1.37. The first-order chi connectivity index (χ1) is 19.3. The lowest BCUT2D eigenvalue weighted by Crippen LogP contribution is -2.64. The molecule has 2 saturated carbocycles.